The van der Waals surface area contributed by atoms with E-state index in [-0.39, 0.29) is 5.92 Å². The van der Waals surface area contributed by atoms with Gasteiger partial charge in [0, 0.05) is 0 Å². The SMILES string of the molecule is CCSc1nnc(S[C@@H](C(=O)NC(N)=O)C(C)C)s1. The minimum Gasteiger partial charge on any atom is -0.351 e. The Bertz CT molecular complexity index is 450. The first-order valence-corrected chi connectivity index (χ1v) is 8.35. The van der Waals surface area contributed by atoms with E-state index in [0.29, 0.717) is 4.34 Å². The molecule has 19 heavy (non-hydrogen) atoms. The summed E-state index contributed by atoms with van der Waals surface area (Å²) < 4.78 is 1.59. The average molecular weight is 320 g/mol. The number of nitrogens with zero attached hydrogens (tertiary/aromatic N) is 2. The number of thioether (sulfide) groups is 2. The molecule has 0 aliphatic rings. The zero-order valence-electron chi connectivity index (χ0n) is 10.9. The molecule has 0 saturated heterocycles. The summed E-state index contributed by atoms with van der Waals surface area (Å²) in [7, 11) is 0. The van der Waals surface area contributed by atoms with Crippen molar-refractivity contribution in [2.45, 2.75) is 34.7 Å². The molecule has 0 fully saturated rings. The van der Waals surface area contributed by atoms with Crippen LogP contribution in [0.5, 0.6) is 0 Å². The molecule has 1 aromatic rings. The van der Waals surface area contributed by atoms with Gasteiger partial charge in [-0.3, -0.25) is 10.1 Å². The van der Waals surface area contributed by atoms with Crippen molar-refractivity contribution in [3.05, 3.63) is 0 Å². The number of hydrogen-bond acceptors (Lipinski definition) is 7. The van der Waals surface area contributed by atoms with Gasteiger partial charge in [-0.05, 0) is 11.7 Å². The smallest absolute Gasteiger partial charge is 0.318 e. The van der Waals surface area contributed by atoms with Gasteiger partial charge in [0.2, 0.25) is 5.91 Å². The standard InChI is InChI=1S/C10H16N4O2S3/c1-4-17-9-13-14-10(19-9)18-6(5(2)3)7(15)12-8(11)16/h5-6H,4H2,1-3H3,(H3,11,12,15,16)/t6-/m1/s1. The highest BCUT2D eigenvalue weighted by Gasteiger charge is 2.26. The number of nitrogens with two attached hydrogens (primary N) is 1. The number of primary amides is 1. The Morgan fingerprint density at radius 2 is 2.00 bits per heavy atom. The van der Waals surface area contributed by atoms with E-state index < -0.39 is 17.2 Å². The zero-order chi connectivity index (χ0) is 14.4. The van der Waals surface area contributed by atoms with Crippen molar-refractivity contribution in [3.8, 4) is 0 Å². The van der Waals surface area contributed by atoms with Crippen molar-refractivity contribution in [1.82, 2.24) is 15.5 Å². The van der Waals surface area contributed by atoms with Gasteiger partial charge in [0.05, 0.1) is 5.25 Å². The Labute approximate surface area is 124 Å². The molecule has 1 heterocycles. The Kier molecular flexibility index (Phi) is 6.59. The van der Waals surface area contributed by atoms with E-state index in [1.165, 1.54) is 23.1 Å². The van der Waals surface area contributed by atoms with Crippen molar-refractivity contribution in [2.75, 3.05) is 5.75 Å². The van der Waals surface area contributed by atoms with Crippen LogP contribution in [0.4, 0.5) is 4.79 Å². The fraction of sp³-hybridized carbons (Fsp3) is 0.600. The molecular formula is C10H16N4O2S3. The van der Waals surface area contributed by atoms with Crippen LogP contribution in [-0.4, -0.2) is 33.1 Å². The number of aromatic nitrogens is 2. The Morgan fingerprint density at radius 3 is 2.53 bits per heavy atom. The molecule has 3 amide bonds. The number of hydrogen-bond donors (Lipinski definition) is 2. The van der Waals surface area contributed by atoms with Gasteiger partial charge in [0.1, 0.15) is 0 Å². The third kappa shape index (κ3) is 5.37. The molecule has 6 nitrogen and oxygen atoms in total. The fourth-order valence-corrected chi connectivity index (χ4v) is 4.35. The maximum absolute atomic E-state index is 11.9. The average Bonchev–Trinajstić information content (AvgIpc) is 2.72. The second-order valence-corrected chi connectivity index (χ2v) is 7.78. The van der Waals surface area contributed by atoms with Crippen LogP contribution in [0.25, 0.3) is 0 Å². The van der Waals surface area contributed by atoms with Crippen LogP contribution in [0.1, 0.15) is 20.8 Å². The monoisotopic (exact) mass is 320 g/mol. The predicted octanol–water partition coefficient (Wildman–Crippen LogP) is 1.96. The van der Waals surface area contributed by atoms with E-state index in [1.54, 1.807) is 11.8 Å². The number of imide groups is 1. The number of nitrogens with one attached hydrogen (secondary N) is 1. The molecule has 1 aromatic heterocycles. The van der Waals surface area contributed by atoms with Gasteiger partial charge in [0.25, 0.3) is 0 Å². The summed E-state index contributed by atoms with van der Waals surface area (Å²) in [6, 6.07) is -0.837. The summed E-state index contributed by atoms with van der Waals surface area (Å²) in [5, 5.41) is 9.75. The third-order valence-electron chi connectivity index (χ3n) is 1.99. The summed E-state index contributed by atoms with van der Waals surface area (Å²) in [5.41, 5.74) is 4.96. The van der Waals surface area contributed by atoms with Gasteiger partial charge in [-0.15, -0.1) is 10.2 Å². The van der Waals surface area contributed by atoms with Crippen molar-refractivity contribution >= 4 is 46.8 Å². The molecule has 0 unspecified atom stereocenters. The van der Waals surface area contributed by atoms with E-state index in [4.69, 9.17) is 5.73 Å². The summed E-state index contributed by atoms with van der Waals surface area (Å²) in [6.07, 6.45) is 0. The van der Waals surface area contributed by atoms with Crippen molar-refractivity contribution in [2.24, 2.45) is 11.7 Å². The fourth-order valence-electron chi connectivity index (χ4n) is 1.22. The maximum Gasteiger partial charge on any atom is 0.318 e. The van der Waals surface area contributed by atoms with Crippen molar-refractivity contribution in [3.63, 3.8) is 0 Å². The molecular weight excluding hydrogens is 304 g/mol. The Hall–Kier alpha value is -0.800. The van der Waals surface area contributed by atoms with Crippen LogP contribution in [0.15, 0.2) is 8.68 Å². The first kappa shape index (κ1) is 16.3. The predicted molar refractivity (Wildman–Crippen MR) is 78.5 cm³/mol. The topological polar surface area (TPSA) is 98.0 Å². The Morgan fingerprint density at radius 1 is 1.37 bits per heavy atom. The van der Waals surface area contributed by atoms with E-state index in [0.717, 1.165) is 10.1 Å². The number of rotatable bonds is 6. The lowest BCUT2D eigenvalue weighted by molar-refractivity contribution is -0.120. The van der Waals surface area contributed by atoms with E-state index in [2.05, 4.69) is 15.5 Å². The van der Waals surface area contributed by atoms with Crippen LogP contribution in [0, 0.1) is 5.92 Å². The molecule has 3 N–H and O–H groups in total. The molecule has 9 heteroatoms. The normalized spacial score (nSPS) is 12.4. The first-order chi connectivity index (χ1) is 8.93. The molecule has 0 spiro atoms. The molecule has 0 bridgehead atoms. The van der Waals surface area contributed by atoms with Gasteiger partial charge in [-0.2, -0.15) is 0 Å². The second-order valence-electron chi connectivity index (χ2n) is 3.90. The van der Waals surface area contributed by atoms with Crippen LogP contribution in [-0.2, 0) is 4.79 Å². The molecule has 1 rings (SSSR count). The highest BCUT2D eigenvalue weighted by molar-refractivity contribution is 8.03. The quantitative estimate of drug-likeness (QED) is 0.778. The first-order valence-electron chi connectivity index (χ1n) is 5.67. The summed E-state index contributed by atoms with van der Waals surface area (Å²) in [4.78, 5) is 22.6. The Balaban J connectivity index is 2.72. The summed E-state index contributed by atoms with van der Waals surface area (Å²) in [5.74, 6) is 0.581. The van der Waals surface area contributed by atoms with E-state index in [1.807, 2.05) is 20.8 Å². The van der Waals surface area contributed by atoms with Gasteiger partial charge in [-0.25, -0.2) is 4.79 Å². The largest absolute Gasteiger partial charge is 0.351 e. The number of urea groups is 1. The lowest BCUT2D eigenvalue weighted by Crippen LogP contribution is -2.42. The lowest BCUT2D eigenvalue weighted by atomic mass is 10.1. The molecule has 0 saturated carbocycles. The van der Waals surface area contributed by atoms with E-state index >= 15 is 0 Å². The molecule has 0 aromatic carbocycles. The maximum atomic E-state index is 11.9. The minimum atomic E-state index is -0.837. The lowest BCUT2D eigenvalue weighted by Gasteiger charge is -2.16. The highest BCUT2D eigenvalue weighted by atomic mass is 32.2. The molecule has 0 aliphatic carbocycles. The number of amides is 3. The van der Waals surface area contributed by atoms with Crippen LogP contribution in [0.3, 0.4) is 0 Å². The molecule has 0 radical (unpaired) electrons. The summed E-state index contributed by atoms with van der Waals surface area (Å²) >= 11 is 4.36. The highest BCUT2D eigenvalue weighted by Crippen LogP contribution is 2.33. The van der Waals surface area contributed by atoms with Gasteiger partial charge < -0.3 is 5.73 Å². The van der Waals surface area contributed by atoms with E-state index in [9.17, 15) is 9.59 Å². The van der Waals surface area contributed by atoms with Crippen molar-refractivity contribution < 1.29 is 9.59 Å². The second kappa shape index (κ2) is 7.71. The van der Waals surface area contributed by atoms with Gasteiger partial charge in [0.15, 0.2) is 8.68 Å². The zero-order valence-corrected chi connectivity index (χ0v) is 13.3. The third-order valence-corrected chi connectivity index (χ3v) is 5.56. The van der Waals surface area contributed by atoms with Crippen LogP contribution in [0.2, 0.25) is 0 Å². The minimum absolute atomic E-state index is 0.0514. The number of carbonyl (C=O) groups is 2. The van der Waals surface area contributed by atoms with Crippen LogP contribution < -0.4 is 11.1 Å². The van der Waals surface area contributed by atoms with Crippen molar-refractivity contribution in [1.29, 1.82) is 0 Å². The molecule has 106 valence electrons. The summed E-state index contributed by atoms with van der Waals surface area (Å²) in [6.45, 7) is 5.85. The van der Waals surface area contributed by atoms with Gasteiger partial charge >= 0.3 is 6.03 Å². The van der Waals surface area contributed by atoms with Crippen LogP contribution >= 0.6 is 34.9 Å². The number of carbonyl (C=O) groups excluding carboxylic acids is 2. The van der Waals surface area contributed by atoms with Gasteiger partial charge in [-0.1, -0.05) is 55.6 Å². The molecule has 0 aliphatic heterocycles. The molecule has 1 atom stereocenters.